The second kappa shape index (κ2) is 8.89. The largest absolute Gasteiger partial charge is 0.370 e. The molecule has 0 bridgehead atoms. The molecule has 0 radical (unpaired) electrons. The molecular formula is C22H27N7OS. The summed E-state index contributed by atoms with van der Waals surface area (Å²) >= 11 is 1.50. The van der Waals surface area contributed by atoms with E-state index in [0.29, 0.717) is 11.7 Å². The Morgan fingerprint density at radius 1 is 1.35 bits per heavy atom. The van der Waals surface area contributed by atoms with Gasteiger partial charge < -0.3 is 10.2 Å². The Bertz CT molecular complexity index is 1100. The number of nitrogens with zero attached hydrogens (tertiary/aromatic N) is 5. The molecule has 3 heterocycles. The molecule has 31 heavy (non-hydrogen) atoms. The molecule has 0 spiro atoms. The number of urea groups is 1. The van der Waals surface area contributed by atoms with Gasteiger partial charge in [-0.25, -0.2) is 14.8 Å². The molecule has 162 valence electrons. The molecule has 0 aromatic carbocycles. The first kappa shape index (κ1) is 21.0. The van der Waals surface area contributed by atoms with Crippen LogP contribution in [0.4, 0.5) is 15.7 Å². The van der Waals surface area contributed by atoms with Gasteiger partial charge in [0, 0.05) is 38.0 Å². The molecule has 3 aromatic heterocycles. The molecule has 9 heteroatoms. The van der Waals surface area contributed by atoms with E-state index in [2.05, 4.69) is 28.3 Å². The third kappa shape index (κ3) is 4.18. The number of aromatic nitrogens is 4. The number of carbonyl (C=O) groups is 1. The number of rotatable bonds is 6. The first-order valence-corrected chi connectivity index (χ1v) is 11.2. The van der Waals surface area contributed by atoms with Gasteiger partial charge in [0.05, 0.1) is 28.5 Å². The zero-order valence-corrected chi connectivity index (χ0v) is 18.9. The van der Waals surface area contributed by atoms with Crippen LogP contribution in [0.2, 0.25) is 0 Å². The predicted octanol–water partition coefficient (Wildman–Crippen LogP) is 4.27. The van der Waals surface area contributed by atoms with Gasteiger partial charge in [0.1, 0.15) is 5.82 Å². The normalized spacial score (nSPS) is 12.5. The Labute approximate surface area is 186 Å². The lowest BCUT2D eigenvalue weighted by Crippen LogP contribution is -2.27. The van der Waals surface area contributed by atoms with Gasteiger partial charge in [-0.2, -0.15) is 5.10 Å². The van der Waals surface area contributed by atoms with Crippen LogP contribution in [0.15, 0.2) is 31.0 Å². The highest BCUT2D eigenvalue weighted by Gasteiger charge is 2.27. The molecule has 3 aromatic rings. The van der Waals surface area contributed by atoms with Gasteiger partial charge in [0.2, 0.25) is 0 Å². The minimum atomic E-state index is -0.184. The van der Waals surface area contributed by atoms with Crippen LogP contribution in [-0.2, 0) is 19.4 Å². The van der Waals surface area contributed by atoms with Gasteiger partial charge in [-0.3, -0.25) is 10.00 Å². The molecule has 1 aliphatic carbocycles. The molecule has 2 amide bonds. The standard InChI is InChI=1S/C22H27N7OS/c1-5-12-29-19-15(18(27-29)14-10-11-17(23-6-2)24-13-14)8-7-9-16-20(19)31-21(25-16)26-22(30)28(3)4/h5,10-11,13H,1,6-9,12H2,2-4H3,(H,23,24)(H,25,26,30). The van der Waals surface area contributed by atoms with Crippen molar-refractivity contribution < 1.29 is 4.79 Å². The molecule has 0 fully saturated rings. The summed E-state index contributed by atoms with van der Waals surface area (Å²) in [6, 6.07) is 3.87. The molecular weight excluding hydrogens is 410 g/mol. The van der Waals surface area contributed by atoms with E-state index in [1.54, 1.807) is 14.1 Å². The summed E-state index contributed by atoms with van der Waals surface area (Å²) in [6.45, 7) is 7.39. The monoisotopic (exact) mass is 437 g/mol. The van der Waals surface area contributed by atoms with E-state index < -0.39 is 0 Å². The van der Waals surface area contributed by atoms with Crippen molar-refractivity contribution in [3.8, 4) is 21.8 Å². The molecule has 0 unspecified atom stereocenters. The summed E-state index contributed by atoms with van der Waals surface area (Å²) in [7, 11) is 3.43. The molecule has 0 saturated carbocycles. The maximum Gasteiger partial charge on any atom is 0.323 e. The van der Waals surface area contributed by atoms with Gasteiger partial charge in [-0.05, 0) is 38.3 Å². The maximum absolute atomic E-state index is 12.1. The quantitative estimate of drug-likeness (QED) is 0.562. The van der Waals surface area contributed by atoms with E-state index in [1.807, 2.05) is 29.9 Å². The Morgan fingerprint density at radius 2 is 2.19 bits per heavy atom. The zero-order valence-electron chi connectivity index (χ0n) is 18.1. The average Bonchev–Trinajstić information content (AvgIpc) is 3.25. The van der Waals surface area contributed by atoms with E-state index in [1.165, 1.54) is 21.8 Å². The summed E-state index contributed by atoms with van der Waals surface area (Å²) in [5.74, 6) is 0.855. The van der Waals surface area contributed by atoms with Gasteiger partial charge >= 0.3 is 6.03 Å². The molecule has 4 rings (SSSR count). The SMILES string of the molecule is C=CCn1nc(-c2ccc(NCC)nc2)c2c1-c1sc(NC(=O)N(C)C)nc1CCC2. The van der Waals surface area contributed by atoms with Crippen molar-refractivity contribution in [2.75, 3.05) is 31.3 Å². The molecule has 8 nitrogen and oxygen atoms in total. The topological polar surface area (TPSA) is 88.0 Å². The minimum Gasteiger partial charge on any atom is -0.370 e. The third-order valence-corrected chi connectivity index (χ3v) is 6.14. The van der Waals surface area contributed by atoms with Crippen molar-refractivity contribution in [1.82, 2.24) is 24.6 Å². The summed E-state index contributed by atoms with van der Waals surface area (Å²) in [6.07, 6.45) is 6.48. The van der Waals surface area contributed by atoms with Crippen molar-refractivity contribution in [2.45, 2.75) is 32.7 Å². The van der Waals surface area contributed by atoms with Crippen molar-refractivity contribution in [3.05, 3.63) is 42.2 Å². The van der Waals surface area contributed by atoms with Crippen molar-refractivity contribution in [1.29, 1.82) is 0 Å². The van der Waals surface area contributed by atoms with Crippen LogP contribution < -0.4 is 10.6 Å². The van der Waals surface area contributed by atoms with Crippen LogP contribution in [0, 0.1) is 0 Å². The highest BCUT2D eigenvalue weighted by Crippen LogP contribution is 2.42. The number of aryl methyl sites for hydroxylation is 1. The summed E-state index contributed by atoms with van der Waals surface area (Å²) in [5.41, 5.74) is 5.23. The van der Waals surface area contributed by atoms with E-state index in [4.69, 9.17) is 10.1 Å². The average molecular weight is 438 g/mol. The number of amides is 2. The highest BCUT2D eigenvalue weighted by atomic mass is 32.1. The molecule has 0 aliphatic heterocycles. The van der Waals surface area contributed by atoms with Crippen LogP contribution in [0.5, 0.6) is 0 Å². The van der Waals surface area contributed by atoms with Crippen LogP contribution in [0.3, 0.4) is 0 Å². The van der Waals surface area contributed by atoms with Crippen molar-refractivity contribution >= 4 is 28.3 Å². The van der Waals surface area contributed by atoms with E-state index in [9.17, 15) is 4.79 Å². The van der Waals surface area contributed by atoms with Crippen LogP contribution in [0.25, 0.3) is 21.8 Å². The lowest BCUT2D eigenvalue weighted by molar-refractivity contribution is 0.230. The third-order valence-electron chi connectivity index (χ3n) is 5.12. The second-order valence-corrected chi connectivity index (χ2v) is 8.58. The number of pyridine rings is 1. The number of nitrogens with one attached hydrogen (secondary N) is 2. The Kier molecular flexibility index (Phi) is 6.03. The maximum atomic E-state index is 12.1. The first-order valence-electron chi connectivity index (χ1n) is 10.4. The highest BCUT2D eigenvalue weighted by molar-refractivity contribution is 7.19. The van der Waals surface area contributed by atoms with Crippen molar-refractivity contribution in [3.63, 3.8) is 0 Å². The number of hydrogen-bond acceptors (Lipinski definition) is 6. The fourth-order valence-electron chi connectivity index (χ4n) is 3.69. The van der Waals surface area contributed by atoms with Gasteiger partial charge in [0.15, 0.2) is 5.13 Å². The summed E-state index contributed by atoms with van der Waals surface area (Å²) in [5, 5.41) is 11.7. The van der Waals surface area contributed by atoms with Crippen LogP contribution in [0.1, 0.15) is 24.6 Å². The van der Waals surface area contributed by atoms with Gasteiger partial charge in [-0.15, -0.1) is 6.58 Å². The Morgan fingerprint density at radius 3 is 2.87 bits per heavy atom. The predicted molar refractivity (Wildman–Crippen MR) is 126 cm³/mol. The number of allylic oxidation sites excluding steroid dienone is 1. The lowest BCUT2D eigenvalue weighted by Gasteiger charge is -2.09. The van der Waals surface area contributed by atoms with Gasteiger partial charge in [0.25, 0.3) is 0 Å². The number of thiazole rings is 1. The second-order valence-electron chi connectivity index (χ2n) is 7.58. The van der Waals surface area contributed by atoms with Crippen molar-refractivity contribution in [2.24, 2.45) is 0 Å². The number of anilines is 2. The smallest absolute Gasteiger partial charge is 0.323 e. The summed E-state index contributed by atoms with van der Waals surface area (Å²) < 4.78 is 2.00. The molecule has 0 saturated heterocycles. The zero-order chi connectivity index (χ0) is 22.0. The fraction of sp³-hybridized carbons (Fsp3) is 0.364. The van der Waals surface area contributed by atoms with E-state index in [0.717, 1.165) is 59.1 Å². The Balaban J connectivity index is 1.79. The first-order chi connectivity index (χ1) is 15.0. The van der Waals surface area contributed by atoms with E-state index in [-0.39, 0.29) is 6.03 Å². The lowest BCUT2D eigenvalue weighted by atomic mass is 10.0. The molecule has 2 N–H and O–H groups in total. The van der Waals surface area contributed by atoms with Crippen LogP contribution in [-0.4, -0.2) is 51.3 Å². The molecule has 0 atom stereocenters. The van der Waals surface area contributed by atoms with E-state index >= 15 is 0 Å². The number of hydrogen-bond donors (Lipinski definition) is 2. The minimum absolute atomic E-state index is 0.184. The summed E-state index contributed by atoms with van der Waals surface area (Å²) in [4.78, 5) is 23.9. The number of carbonyl (C=O) groups excluding carboxylic acids is 1. The van der Waals surface area contributed by atoms with Crippen LogP contribution >= 0.6 is 11.3 Å². The Hall–Kier alpha value is -3.20. The van der Waals surface area contributed by atoms with Gasteiger partial charge in [-0.1, -0.05) is 17.4 Å². The number of fused-ring (bicyclic) bond motifs is 3. The fourth-order valence-corrected chi connectivity index (χ4v) is 4.77. The molecule has 1 aliphatic rings.